The molecule has 1 unspecified atom stereocenters. The van der Waals surface area contributed by atoms with Gasteiger partial charge in [0.25, 0.3) is 0 Å². The lowest BCUT2D eigenvalue weighted by atomic mass is 10.2. The molecule has 0 spiro atoms. The highest BCUT2D eigenvalue weighted by molar-refractivity contribution is 6.32. The van der Waals surface area contributed by atoms with Crippen molar-refractivity contribution in [3.05, 3.63) is 29.3 Å². The molecule has 1 aromatic carbocycles. The van der Waals surface area contributed by atoms with Crippen LogP contribution in [0.2, 0.25) is 5.02 Å². The van der Waals surface area contributed by atoms with Gasteiger partial charge in [-0.1, -0.05) is 23.7 Å². The van der Waals surface area contributed by atoms with E-state index in [1.807, 2.05) is 12.1 Å². The van der Waals surface area contributed by atoms with Gasteiger partial charge in [-0.05, 0) is 12.1 Å². The smallest absolute Gasteiger partial charge is 0.241 e. The van der Waals surface area contributed by atoms with Gasteiger partial charge in [-0.25, -0.2) is 0 Å². The maximum atomic E-state index is 12.1. The Balaban J connectivity index is 1.76. The summed E-state index contributed by atoms with van der Waals surface area (Å²) >= 11 is 5.98. The first-order valence-electron chi connectivity index (χ1n) is 6.70. The van der Waals surface area contributed by atoms with Crippen LogP contribution >= 0.6 is 11.6 Å². The van der Waals surface area contributed by atoms with Crippen molar-refractivity contribution in [3.8, 4) is 5.75 Å². The van der Waals surface area contributed by atoms with Crippen molar-refractivity contribution in [2.75, 3.05) is 33.3 Å². The molecule has 1 aliphatic rings. The molecule has 2 N–H and O–H groups in total. The van der Waals surface area contributed by atoms with Crippen LogP contribution in [0.25, 0.3) is 0 Å². The molecular formula is C14H18ClN3O3. The highest BCUT2D eigenvalue weighted by Crippen LogP contribution is 2.22. The summed E-state index contributed by atoms with van der Waals surface area (Å²) in [6.45, 7) is 1.27. The minimum Gasteiger partial charge on any atom is -0.490 e. The predicted octanol–water partition coefficient (Wildman–Crippen LogP) is 0.265. The second kappa shape index (κ2) is 7.28. The van der Waals surface area contributed by atoms with Gasteiger partial charge in [-0.15, -0.1) is 0 Å². The predicted molar refractivity (Wildman–Crippen MR) is 79.4 cm³/mol. The van der Waals surface area contributed by atoms with E-state index in [0.717, 1.165) is 0 Å². The van der Waals surface area contributed by atoms with Crippen molar-refractivity contribution in [2.24, 2.45) is 0 Å². The van der Waals surface area contributed by atoms with E-state index in [2.05, 4.69) is 10.6 Å². The minimum atomic E-state index is -0.381. The third-order valence-corrected chi connectivity index (χ3v) is 3.52. The van der Waals surface area contributed by atoms with Gasteiger partial charge in [0.1, 0.15) is 18.4 Å². The van der Waals surface area contributed by atoms with Crippen LogP contribution in [0.15, 0.2) is 24.3 Å². The van der Waals surface area contributed by atoms with Gasteiger partial charge in [-0.3, -0.25) is 14.9 Å². The standard InChI is InChI=1S/C14H18ClN3O3/c1-18(14(20)11-8-17-13(19)9-16-11)6-7-21-12-5-3-2-4-10(12)15/h2-5,11,16H,6-9H2,1H3,(H,17,19). The van der Waals surface area contributed by atoms with E-state index >= 15 is 0 Å². The lowest BCUT2D eigenvalue weighted by molar-refractivity contribution is -0.134. The SMILES string of the molecule is CN(CCOc1ccccc1Cl)C(=O)C1CNC(=O)CN1. The maximum absolute atomic E-state index is 12.1. The fraction of sp³-hybridized carbons (Fsp3) is 0.429. The Morgan fingerprint density at radius 1 is 1.48 bits per heavy atom. The first-order valence-corrected chi connectivity index (χ1v) is 7.08. The average Bonchev–Trinajstić information content (AvgIpc) is 2.49. The molecule has 2 rings (SSSR count). The van der Waals surface area contributed by atoms with E-state index in [-0.39, 0.29) is 24.4 Å². The number of likely N-dealkylation sites (N-methyl/N-ethyl adjacent to an activating group) is 1. The molecule has 21 heavy (non-hydrogen) atoms. The van der Waals surface area contributed by atoms with E-state index in [4.69, 9.17) is 16.3 Å². The highest BCUT2D eigenvalue weighted by atomic mass is 35.5. The Labute approximate surface area is 128 Å². The number of nitrogens with zero attached hydrogens (tertiary/aromatic N) is 1. The Morgan fingerprint density at radius 2 is 2.24 bits per heavy atom. The van der Waals surface area contributed by atoms with Crippen LogP contribution in [-0.4, -0.2) is 56.0 Å². The summed E-state index contributed by atoms with van der Waals surface area (Å²) in [5.41, 5.74) is 0. The summed E-state index contributed by atoms with van der Waals surface area (Å²) < 4.78 is 5.55. The van der Waals surface area contributed by atoms with Crippen molar-refractivity contribution in [3.63, 3.8) is 0 Å². The molecule has 1 saturated heterocycles. The molecule has 0 bridgehead atoms. The average molecular weight is 312 g/mol. The number of carbonyl (C=O) groups is 2. The Hall–Kier alpha value is -1.79. The zero-order valence-corrected chi connectivity index (χ0v) is 12.5. The first kappa shape index (κ1) is 15.6. The molecule has 1 fully saturated rings. The number of rotatable bonds is 5. The van der Waals surface area contributed by atoms with E-state index in [1.54, 1.807) is 24.1 Å². The van der Waals surface area contributed by atoms with Crippen LogP contribution in [0, 0.1) is 0 Å². The topological polar surface area (TPSA) is 70.7 Å². The van der Waals surface area contributed by atoms with Crippen LogP contribution in [0.1, 0.15) is 0 Å². The molecule has 0 radical (unpaired) electrons. The summed E-state index contributed by atoms with van der Waals surface area (Å²) in [6, 6.07) is 6.81. The van der Waals surface area contributed by atoms with Crippen LogP contribution in [0.5, 0.6) is 5.75 Å². The zero-order chi connectivity index (χ0) is 15.2. The largest absolute Gasteiger partial charge is 0.490 e. The van der Waals surface area contributed by atoms with Crippen molar-refractivity contribution < 1.29 is 14.3 Å². The Kier molecular flexibility index (Phi) is 5.41. The lowest BCUT2D eigenvalue weighted by Gasteiger charge is -2.27. The van der Waals surface area contributed by atoms with Gasteiger partial charge in [0.05, 0.1) is 18.1 Å². The normalized spacial score (nSPS) is 18.0. The second-order valence-electron chi connectivity index (χ2n) is 4.78. The third-order valence-electron chi connectivity index (χ3n) is 3.21. The van der Waals surface area contributed by atoms with Gasteiger partial charge in [-0.2, -0.15) is 0 Å². The highest BCUT2D eigenvalue weighted by Gasteiger charge is 2.26. The first-order chi connectivity index (χ1) is 10.1. The number of carbonyl (C=O) groups excluding carboxylic acids is 2. The van der Waals surface area contributed by atoms with Gasteiger partial charge >= 0.3 is 0 Å². The molecule has 1 aromatic rings. The van der Waals surface area contributed by atoms with Crippen LogP contribution in [-0.2, 0) is 9.59 Å². The van der Waals surface area contributed by atoms with Gasteiger partial charge < -0.3 is 15.0 Å². The Bertz CT molecular complexity index is 514. The molecule has 114 valence electrons. The van der Waals surface area contributed by atoms with Crippen molar-refractivity contribution in [1.82, 2.24) is 15.5 Å². The molecular weight excluding hydrogens is 294 g/mol. The van der Waals surface area contributed by atoms with E-state index in [0.29, 0.717) is 30.5 Å². The van der Waals surface area contributed by atoms with Gasteiger partial charge in [0.15, 0.2) is 0 Å². The van der Waals surface area contributed by atoms with E-state index in [1.165, 1.54) is 0 Å². The van der Waals surface area contributed by atoms with Crippen LogP contribution in [0.3, 0.4) is 0 Å². The molecule has 7 heteroatoms. The summed E-state index contributed by atoms with van der Waals surface area (Å²) in [4.78, 5) is 24.8. The summed E-state index contributed by atoms with van der Waals surface area (Å²) in [5, 5.41) is 6.11. The number of hydrogen-bond acceptors (Lipinski definition) is 4. The number of piperazine rings is 1. The van der Waals surface area contributed by atoms with Crippen LogP contribution < -0.4 is 15.4 Å². The Morgan fingerprint density at radius 3 is 2.90 bits per heavy atom. The monoisotopic (exact) mass is 311 g/mol. The molecule has 1 aliphatic heterocycles. The van der Waals surface area contributed by atoms with Crippen molar-refractivity contribution >= 4 is 23.4 Å². The number of benzene rings is 1. The molecule has 2 amide bonds. The van der Waals surface area contributed by atoms with Gasteiger partial charge in [0.2, 0.25) is 11.8 Å². The number of halogens is 1. The number of ether oxygens (including phenoxy) is 1. The van der Waals surface area contributed by atoms with E-state index < -0.39 is 0 Å². The summed E-state index contributed by atoms with van der Waals surface area (Å²) in [6.07, 6.45) is 0. The number of para-hydroxylation sites is 1. The molecule has 1 atom stereocenters. The lowest BCUT2D eigenvalue weighted by Crippen LogP contribution is -2.58. The van der Waals surface area contributed by atoms with E-state index in [9.17, 15) is 9.59 Å². The van der Waals surface area contributed by atoms with Crippen molar-refractivity contribution in [1.29, 1.82) is 0 Å². The second-order valence-corrected chi connectivity index (χ2v) is 5.18. The zero-order valence-electron chi connectivity index (χ0n) is 11.8. The van der Waals surface area contributed by atoms with Crippen LogP contribution in [0.4, 0.5) is 0 Å². The number of amides is 2. The molecule has 0 aliphatic carbocycles. The number of nitrogens with one attached hydrogen (secondary N) is 2. The molecule has 0 aromatic heterocycles. The fourth-order valence-corrected chi connectivity index (χ4v) is 2.16. The van der Waals surface area contributed by atoms with Gasteiger partial charge in [0, 0.05) is 13.6 Å². The third kappa shape index (κ3) is 4.34. The maximum Gasteiger partial charge on any atom is 0.241 e. The number of hydrogen-bond donors (Lipinski definition) is 2. The molecule has 0 saturated carbocycles. The van der Waals surface area contributed by atoms with Crippen molar-refractivity contribution in [2.45, 2.75) is 6.04 Å². The quantitative estimate of drug-likeness (QED) is 0.818. The fourth-order valence-electron chi connectivity index (χ4n) is 1.97. The molecule has 6 nitrogen and oxygen atoms in total. The minimum absolute atomic E-state index is 0.0715. The summed E-state index contributed by atoms with van der Waals surface area (Å²) in [7, 11) is 1.70. The summed E-state index contributed by atoms with van der Waals surface area (Å²) in [5.74, 6) is 0.435. The molecule has 1 heterocycles.